The number of carbonyl (C=O) groups excluding carboxylic acids is 1. The third-order valence-electron chi connectivity index (χ3n) is 2.51. The summed E-state index contributed by atoms with van der Waals surface area (Å²) in [5, 5.41) is 0. The zero-order chi connectivity index (χ0) is 11.0. The molecule has 1 aliphatic carbocycles. The Bertz CT molecular complexity index is 397. The highest BCUT2D eigenvalue weighted by Crippen LogP contribution is 2.39. The third-order valence-corrected chi connectivity index (χ3v) is 2.51. The number of nitrogen functional groups attached to an aromatic ring is 1. The fourth-order valence-electron chi connectivity index (χ4n) is 1.54. The summed E-state index contributed by atoms with van der Waals surface area (Å²) in [6.45, 7) is 0. The maximum absolute atomic E-state index is 11.7. The van der Waals surface area contributed by atoms with Crippen molar-refractivity contribution in [3.05, 3.63) is 23.4 Å². The topological polar surface area (TPSA) is 59.2 Å². The lowest BCUT2D eigenvalue weighted by Gasteiger charge is -2.11. The normalized spacial score (nSPS) is 15.1. The van der Waals surface area contributed by atoms with Gasteiger partial charge in [-0.15, -0.1) is 0 Å². The molecule has 1 saturated carbocycles. The first-order valence-electron chi connectivity index (χ1n) is 5.07. The highest BCUT2D eigenvalue weighted by Gasteiger charge is 2.26. The lowest BCUT2D eigenvalue weighted by atomic mass is 10.1. The van der Waals surface area contributed by atoms with E-state index in [1.807, 2.05) is 6.07 Å². The van der Waals surface area contributed by atoms with Gasteiger partial charge in [-0.1, -0.05) is 0 Å². The molecule has 1 fully saturated rings. The summed E-state index contributed by atoms with van der Waals surface area (Å²) in [5.74, 6) is 0.929. The summed E-state index contributed by atoms with van der Waals surface area (Å²) in [5.41, 5.74) is 7.27. The van der Waals surface area contributed by atoms with E-state index in [1.165, 1.54) is 0 Å². The van der Waals surface area contributed by atoms with Gasteiger partial charge in [-0.2, -0.15) is 0 Å². The molecule has 2 rings (SSSR count). The van der Waals surface area contributed by atoms with Crippen molar-refractivity contribution in [2.24, 2.45) is 0 Å². The Morgan fingerprint density at radius 1 is 1.47 bits per heavy atom. The summed E-state index contributed by atoms with van der Waals surface area (Å²) < 4.78 is 0. The molecule has 15 heavy (non-hydrogen) atoms. The van der Waals surface area contributed by atoms with Gasteiger partial charge in [-0.05, 0) is 25.0 Å². The number of nitrogens with two attached hydrogens (primary N) is 1. The quantitative estimate of drug-likeness (QED) is 0.790. The highest BCUT2D eigenvalue weighted by atomic mass is 16.2. The van der Waals surface area contributed by atoms with E-state index in [-0.39, 0.29) is 5.91 Å². The molecule has 0 unspecified atom stereocenters. The van der Waals surface area contributed by atoms with E-state index >= 15 is 0 Å². The Hall–Kier alpha value is -1.58. The summed E-state index contributed by atoms with van der Waals surface area (Å²) >= 11 is 0. The van der Waals surface area contributed by atoms with E-state index in [0.717, 1.165) is 18.5 Å². The molecule has 80 valence electrons. The fraction of sp³-hybridized carbons (Fsp3) is 0.455. The minimum absolute atomic E-state index is 0.0222. The van der Waals surface area contributed by atoms with Gasteiger partial charge in [0.05, 0.1) is 0 Å². The van der Waals surface area contributed by atoms with Gasteiger partial charge in [0.15, 0.2) is 0 Å². The van der Waals surface area contributed by atoms with E-state index in [2.05, 4.69) is 4.98 Å². The molecule has 1 heterocycles. The van der Waals surface area contributed by atoms with Crippen LogP contribution in [-0.4, -0.2) is 29.9 Å². The van der Waals surface area contributed by atoms with E-state index < -0.39 is 0 Å². The van der Waals surface area contributed by atoms with Crippen molar-refractivity contribution in [2.45, 2.75) is 18.8 Å². The van der Waals surface area contributed by atoms with Gasteiger partial charge >= 0.3 is 0 Å². The van der Waals surface area contributed by atoms with Crippen molar-refractivity contribution in [3.63, 3.8) is 0 Å². The minimum Gasteiger partial charge on any atom is -0.384 e. The van der Waals surface area contributed by atoms with Crippen LogP contribution in [0.3, 0.4) is 0 Å². The van der Waals surface area contributed by atoms with E-state index in [0.29, 0.717) is 17.3 Å². The molecular formula is C11H15N3O. The van der Waals surface area contributed by atoms with E-state index in [1.54, 1.807) is 25.1 Å². The van der Waals surface area contributed by atoms with Crippen LogP contribution in [0.5, 0.6) is 0 Å². The number of amides is 1. The number of nitrogens with zero attached hydrogens (tertiary/aromatic N) is 2. The van der Waals surface area contributed by atoms with Gasteiger partial charge in [-0.25, -0.2) is 4.98 Å². The molecule has 1 aromatic rings. The average Bonchev–Trinajstić information content (AvgIpc) is 2.98. The summed E-state index contributed by atoms with van der Waals surface area (Å²) in [6, 6.07) is 3.49. The molecule has 2 N–H and O–H groups in total. The molecule has 1 aliphatic rings. The first-order chi connectivity index (χ1) is 7.08. The smallest absolute Gasteiger partial charge is 0.253 e. The Balaban J connectivity index is 2.34. The molecule has 1 amide bonds. The van der Waals surface area contributed by atoms with Crippen LogP contribution in [0.2, 0.25) is 0 Å². The highest BCUT2D eigenvalue weighted by molar-refractivity contribution is 5.94. The van der Waals surface area contributed by atoms with Crippen molar-refractivity contribution >= 4 is 11.7 Å². The Kier molecular flexibility index (Phi) is 2.34. The van der Waals surface area contributed by atoms with Gasteiger partial charge in [0, 0.05) is 31.3 Å². The van der Waals surface area contributed by atoms with Crippen LogP contribution in [-0.2, 0) is 0 Å². The number of carbonyl (C=O) groups is 1. The van der Waals surface area contributed by atoms with Crippen molar-refractivity contribution in [3.8, 4) is 0 Å². The maximum Gasteiger partial charge on any atom is 0.253 e. The van der Waals surface area contributed by atoms with Gasteiger partial charge in [0.25, 0.3) is 5.91 Å². The van der Waals surface area contributed by atoms with Crippen LogP contribution in [0, 0.1) is 0 Å². The molecule has 0 atom stereocenters. The first-order valence-corrected chi connectivity index (χ1v) is 5.07. The lowest BCUT2D eigenvalue weighted by Crippen LogP contribution is -2.22. The van der Waals surface area contributed by atoms with Crippen LogP contribution in [0.25, 0.3) is 0 Å². The monoisotopic (exact) mass is 205 g/mol. The molecule has 4 nitrogen and oxygen atoms in total. The second-order valence-electron chi connectivity index (χ2n) is 4.18. The van der Waals surface area contributed by atoms with Gasteiger partial charge < -0.3 is 10.6 Å². The van der Waals surface area contributed by atoms with Crippen molar-refractivity contribution in [1.82, 2.24) is 9.88 Å². The van der Waals surface area contributed by atoms with Gasteiger partial charge in [0.1, 0.15) is 5.82 Å². The predicted molar refractivity (Wildman–Crippen MR) is 58.6 cm³/mol. The average molecular weight is 205 g/mol. The van der Waals surface area contributed by atoms with Crippen molar-refractivity contribution < 1.29 is 4.79 Å². The zero-order valence-electron chi connectivity index (χ0n) is 9.03. The number of hydrogen-bond donors (Lipinski definition) is 1. The van der Waals surface area contributed by atoms with Crippen LogP contribution in [0.4, 0.5) is 5.82 Å². The molecule has 0 saturated heterocycles. The largest absolute Gasteiger partial charge is 0.384 e. The molecule has 4 heteroatoms. The standard InChI is InChI=1S/C11H15N3O/c1-14(2)11(15)8-5-9(7-3-4-7)13-10(12)6-8/h5-7H,3-4H2,1-2H3,(H2,12,13). The van der Waals surface area contributed by atoms with Crippen LogP contribution in [0.1, 0.15) is 34.8 Å². The predicted octanol–water partition coefficient (Wildman–Crippen LogP) is 1.24. The second-order valence-corrected chi connectivity index (χ2v) is 4.18. The molecule has 1 aromatic heterocycles. The number of aromatic nitrogens is 1. The molecule has 0 radical (unpaired) electrons. The Morgan fingerprint density at radius 3 is 2.67 bits per heavy atom. The number of hydrogen-bond acceptors (Lipinski definition) is 3. The molecule has 0 aromatic carbocycles. The van der Waals surface area contributed by atoms with Crippen LogP contribution < -0.4 is 5.73 Å². The molecule has 0 spiro atoms. The fourth-order valence-corrected chi connectivity index (χ4v) is 1.54. The summed E-state index contributed by atoms with van der Waals surface area (Å²) in [6.07, 6.45) is 2.32. The Labute approximate surface area is 89.1 Å². The Morgan fingerprint density at radius 2 is 2.13 bits per heavy atom. The van der Waals surface area contributed by atoms with Gasteiger partial charge in [-0.3, -0.25) is 4.79 Å². The summed E-state index contributed by atoms with van der Waals surface area (Å²) in [7, 11) is 3.46. The van der Waals surface area contributed by atoms with Gasteiger partial charge in [0.2, 0.25) is 0 Å². The number of anilines is 1. The molecular weight excluding hydrogens is 190 g/mol. The number of rotatable bonds is 2. The van der Waals surface area contributed by atoms with E-state index in [4.69, 9.17) is 5.73 Å². The molecule has 0 aliphatic heterocycles. The molecule has 0 bridgehead atoms. The SMILES string of the molecule is CN(C)C(=O)c1cc(N)nc(C2CC2)c1. The van der Waals surface area contributed by atoms with Crippen LogP contribution in [0.15, 0.2) is 12.1 Å². The minimum atomic E-state index is -0.0222. The zero-order valence-corrected chi connectivity index (χ0v) is 9.03. The van der Waals surface area contributed by atoms with Crippen LogP contribution >= 0.6 is 0 Å². The van der Waals surface area contributed by atoms with Crippen molar-refractivity contribution in [1.29, 1.82) is 0 Å². The lowest BCUT2D eigenvalue weighted by molar-refractivity contribution is 0.0827. The summed E-state index contributed by atoms with van der Waals surface area (Å²) in [4.78, 5) is 17.5. The second kappa shape index (κ2) is 3.53. The first kappa shape index (κ1) is 9.96. The maximum atomic E-state index is 11.7. The van der Waals surface area contributed by atoms with Crippen molar-refractivity contribution in [2.75, 3.05) is 19.8 Å². The number of pyridine rings is 1. The van der Waals surface area contributed by atoms with E-state index in [9.17, 15) is 4.79 Å². The third kappa shape index (κ3) is 2.09.